The van der Waals surface area contributed by atoms with Crippen LogP contribution in [0.1, 0.15) is 5.56 Å². The molecule has 0 saturated carbocycles. The molecule has 2 aromatic rings. The minimum absolute atomic E-state index is 0.0417. The van der Waals surface area contributed by atoms with E-state index in [1.54, 1.807) is 12.3 Å². The van der Waals surface area contributed by atoms with Crippen molar-refractivity contribution in [3.8, 4) is 0 Å². The Bertz CT molecular complexity index is 615. The predicted octanol–water partition coefficient (Wildman–Crippen LogP) is 3.80. The Morgan fingerprint density at radius 1 is 1.21 bits per heavy atom. The molecule has 0 spiro atoms. The van der Waals surface area contributed by atoms with Gasteiger partial charge in [0.1, 0.15) is 0 Å². The molecule has 0 aliphatic rings. The van der Waals surface area contributed by atoms with Gasteiger partial charge in [-0.1, -0.05) is 18.2 Å². The van der Waals surface area contributed by atoms with Crippen LogP contribution >= 0.6 is 15.9 Å². The number of nitrogens with one attached hydrogen (secondary N) is 1. The number of nitro benzene ring substituents is 1. The van der Waals surface area contributed by atoms with Gasteiger partial charge in [0.05, 0.1) is 16.8 Å². The lowest BCUT2D eigenvalue weighted by molar-refractivity contribution is -0.384. The van der Waals surface area contributed by atoms with Gasteiger partial charge < -0.3 is 0 Å². The Balaban J connectivity index is 2.09. The van der Waals surface area contributed by atoms with Crippen LogP contribution in [0.25, 0.3) is 0 Å². The Morgan fingerprint density at radius 3 is 2.58 bits per heavy atom. The molecular weight excluding hydrogens is 310 g/mol. The Labute approximate surface area is 118 Å². The van der Waals surface area contributed by atoms with Gasteiger partial charge in [0, 0.05) is 22.2 Å². The molecule has 1 N–H and O–H groups in total. The summed E-state index contributed by atoms with van der Waals surface area (Å²) >= 11 is 3.28. The van der Waals surface area contributed by atoms with Crippen molar-refractivity contribution in [1.82, 2.24) is 0 Å². The Hall–Kier alpha value is -2.21. The first-order valence-electron chi connectivity index (χ1n) is 5.45. The molecule has 2 rings (SSSR count). The summed E-state index contributed by atoms with van der Waals surface area (Å²) in [7, 11) is 0. The van der Waals surface area contributed by atoms with Gasteiger partial charge in [-0.25, -0.2) is 0 Å². The second-order valence-electron chi connectivity index (χ2n) is 3.70. The highest BCUT2D eigenvalue weighted by atomic mass is 79.9. The van der Waals surface area contributed by atoms with Crippen LogP contribution in [0.5, 0.6) is 0 Å². The molecule has 6 heteroatoms. The van der Waals surface area contributed by atoms with Gasteiger partial charge in [-0.2, -0.15) is 5.10 Å². The lowest BCUT2D eigenvalue weighted by atomic mass is 10.2. The summed E-state index contributed by atoms with van der Waals surface area (Å²) in [4.78, 5) is 10.2. The highest BCUT2D eigenvalue weighted by Gasteiger charge is 2.07. The van der Waals surface area contributed by atoms with Crippen molar-refractivity contribution < 1.29 is 4.92 Å². The van der Waals surface area contributed by atoms with Crippen molar-refractivity contribution in [3.63, 3.8) is 0 Å². The first-order valence-corrected chi connectivity index (χ1v) is 6.24. The van der Waals surface area contributed by atoms with Gasteiger partial charge in [-0.3, -0.25) is 15.5 Å². The van der Waals surface area contributed by atoms with Crippen LogP contribution in [0.2, 0.25) is 0 Å². The maximum Gasteiger partial charge on any atom is 0.270 e. The average Bonchev–Trinajstić information content (AvgIpc) is 2.41. The summed E-state index contributed by atoms with van der Waals surface area (Å²) in [6.07, 6.45) is 1.60. The smallest absolute Gasteiger partial charge is 0.270 e. The first kappa shape index (κ1) is 13.2. The van der Waals surface area contributed by atoms with Gasteiger partial charge in [-0.15, -0.1) is 0 Å². The second kappa shape index (κ2) is 6.10. The average molecular weight is 320 g/mol. The van der Waals surface area contributed by atoms with Gasteiger partial charge in [-0.05, 0) is 34.1 Å². The Kier molecular flexibility index (Phi) is 4.25. The molecule has 2 aromatic carbocycles. The van der Waals surface area contributed by atoms with Crippen LogP contribution in [0.3, 0.4) is 0 Å². The number of benzene rings is 2. The predicted molar refractivity (Wildman–Crippen MR) is 78.5 cm³/mol. The zero-order valence-electron chi connectivity index (χ0n) is 9.79. The lowest BCUT2D eigenvalue weighted by Gasteiger charge is -2.00. The zero-order chi connectivity index (χ0) is 13.7. The number of rotatable bonds is 4. The fourth-order valence-electron chi connectivity index (χ4n) is 1.42. The third-order valence-electron chi connectivity index (χ3n) is 2.37. The van der Waals surface area contributed by atoms with Gasteiger partial charge in [0.25, 0.3) is 5.69 Å². The lowest BCUT2D eigenvalue weighted by Crippen LogP contribution is -1.93. The molecule has 0 radical (unpaired) electrons. The maximum absolute atomic E-state index is 10.6. The van der Waals surface area contributed by atoms with E-state index in [1.165, 1.54) is 12.1 Å². The molecule has 0 aromatic heterocycles. The largest absolute Gasteiger partial charge is 0.279 e. The van der Waals surface area contributed by atoms with Crippen molar-refractivity contribution >= 4 is 33.5 Å². The third kappa shape index (κ3) is 3.62. The van der Waals surface area contributed by atoms with Crippen molar-refractivity contribution in [2.24, 2.45) is 5.10 Å². The standard InChI is InChI=1S/C13H10BrN3O2/c14-13-8-12(17(18)19)7-6-10(13)9-15-16-11-4-2-1-3-5-11/h1-9,16H. The van der Waals surface area contributed by atoms with Crippen LogP contribution < -0.4 is 5.43 Å². The van der Waals surface area contributed by atoms with E-state index in [0.29, 0.717) is 4.47 Å². The van der Waals surface area contributed by atoms with Crippen LogP contribution in [0, 0.1) is 10.1 Å². The minimum Gasteiger partial charge on any atom is -0.279 e. The normalized spacial score (nSPS) is 10.6. The number of nitro groups is 1. The highest BCUT2D eigenvalue weighted by molar-refractivity contribution is 9.10. The molecule has 0 unspecified atom stereocenters. The molecule has 0 aliphatic carbocycles. The quantitative estimate of drug-likeness (QED) is 0.529. The van der Waals surface area contributed by atoms with Crippen molar-refractivity contribution in [2.75, 3.05) is 5.43 Å². The molecule has 96 valence electrons. The fraction of sp³-hybridized carbons (Fsp3) is 0. The Morgan fingerprint density at radius 2 is 1.95 bits per heavy atom. The van der Waals surface area contributed by atoms with Gasteiger partial charge in [0.2, 0.25) is 0 Å². The number of hydrogen-bond acceptors (Lipinski definition) is 4. The summed E-state index contributed by atoms with van der Waals surface area (Å²) in [6, 6.07) is 14.0. The molecule has 0 saturated heterocycles. The van der Waals surface area contributed by atoms with Crippen molar-refractivity contribution in [2.45, 2.75) is 0 Å². The van der Waals surface area contributed by atoms with E-state index < -0.39 is 4.92 Å². The van der Waals surface area contributed by atoms with E-state index in [-0.39, 0.29) is 5.69 Å². The van der Waals surface area contributed by atoms with Crippen LogP contribution in [-0.4, -0.2) is 11.1 Å². The molecule has 0 amide bonds. The summed E-state index contributed by atoms with van der Waals surface area (Å²) < 4.78 is 0.625. The third-order valence-corrected chi connectivity index (χ3v) is 3.05. The first-order chi connectivity index (χ1) is 9.16. The second-order valence-corrected chi connectivity index (χ2v) is 4.55. The van der Waals surface area contributed by atoms with E-state index in [2.05, 4.69) is 26.5 Å². The number of anilines is 1. The van der Waals surface area contributed by atoms with E-state index in [1.807, 2.05) is 30.3 Å². The molecule has 0 fully saturated rings. The monoisotopic (exact) mass is 319 g/mol. The number of non-ortho nitro benzene ring substituents is 1. The topological polar surface area (TPSA) is 67.5 Å². The number of nitrogens with zero attached hydrogens (tertiary/aromatic N) is 2. The molecule has 0 bridgehead atoms. The summed E-state index contributed by atoms with van der Waals surface area (Å²) in [5, 5.41) is 14.7. The van der Waals surface area contributed by atoms with E-state index in [9.17, 15) is 10.1 Å². The van der Waals surface area contributed by atoms with Crippen molar-refractivity contribution in [1.29, 1.82) is 0 Å². The number of halogens is 1. The highest BCUT2D eigenvalue weighted by Crippen LogP contribution is 2.21. The minimum atomic E-state index is -0.437. The summed E-state index contributed by atoms with van der Waals surface area (Å²) in [6.45, 7) is 0. The van der Waals surface area contributed by atoms with Crippen molar-refractivity contribution in [3.05, 3.63) is 68.7 Å². The fourth-order valence-corrected chi connectivity index (χ4v) is 1.89. The van der Waals surface area contributed by atoms with Crippen LogP contribution in [0.15, 0.2) is 58.1 Å². The van der Waals surface area contributed by atoms with Gasteiger partial charge >= 0.3 is 0 Å². The molecule has 5 nitrogen and oxygen atoms in total. The van der Waals surface area contributed by atoms with Gasteiger partial charge in [0.15, 0.2) is 0 Å². The SMILES string of the molecule is O=[N+]([O-])c1ccc(C=NNc2ccccc2)c(Br)c1. The van der Waals surface area contributed by atoms with Crippen LogP contribution in [-0.2, 0) is 0 Å². The van der Waals surface area contributed by atoms with Crippen LogP contribution in [0.4, 0.5) is 11.4 Å². The van der Waals surface area contributed by atoms with E-state index >= 15 is 0 Å². The molecule has 19 heavy (non-hydrogen) atoms. The van der Waals surface area contributed by atoms with E-state index in [0.717, 1.165) is 11.3 Å². The van der Waals surface area contributed by atoms with E-state index in [4.69, 9.17) is 0 Å². The molecular formula is C13H10BrN3O2. The summed E-state index contributed by atoms with van der Waals surface area (Å²) in [5.74, 6) is 0. The molecule has 0 aliphatic heterocycles. The molecule has 0 heterocycles. The number of para-hydroxylation sites is 1. The number of hydrogen-bond donors (Lipinski definition) is 1. The number of hydrazone groups is 1. The zero-order valence-corrected chi connectivity index (χ0v) is 11.4. The summed E-state index contributed by atoms with van der Waals surface area (Å²) in [5.41, 5.74) is 4.54. The molecule has 0 atom stereocenters. The maximum atomic E-state index is 10.6.